The highest BCUT2D eigenvalue weighted by molar-refractivity contribution is 6.33. The number of nitrogens with zero attached hydrogens (tertiary/aromatic N) is 2. The molecule has 0 saturated carbocycles. The number of alkyl halides is 3. The number of pyridine rings is 1. The van der Waals surface area contributed by atoms with Crippen molar-refractivity contribution in [3.05, 3.63) is 64.8 Å². The molecule has 0 amide bonds. The fourth-order valence-corrected chi connectivity index (χ4v) is 2.25. The lowest BCUT2D eigenvalue weighted by Gasteiger charge is -2.07. The largest absolute Gasteiger partial charge is 0.419 e. The Morgan fingerprint density at radius 3 is 2.58 bits per heavy atom. The van der Waals surface area contributed by atoms with Crippen LogP contribution in [-0.4, -0.2) is 15.4 Å². The van der Waals surface area contributed by atoms with Crippen LogP contribution in [0, 0.1) is 5.82 Å². The summed E-state index contributed by atoms with van der Waals surface area (Å²) in [7, 11) is 0. The number of hydrogen-bond acceptors (Lipinski definition) is 3. The van der Waals surface area contributed by atoms with Crippen LogP contribution in [0.15, 0.2) is 42.7 Å². The Morgan fingerprint density at radius 1 is 1.21 bits per heavy atom. The first-order valence-electron chi connectivity index (χ1n) is 6.48. The summed E-state index contributed by atoms with van der Waals surface area (Å²) >= 11 is 5.78. The van der Waals surface area contributed by atoms with Gasteiger partial charge in [0.1, 0.15) is 0 Å². The number of rotatable bonds is 2. The zero-order chi connectivity index (χ0) is 17.5. The third-order valence-corrected chi connectivity index (χ3v) is 3.36. The molecular weight excluding hydrogens is 352 g/mol. The molecule has 0 radical (unpaired) electrons. The van der Waals surface area contributed by atoms with Gasteiger partial charge in [-0.1, -0.05) is 23.7 Å². The Bertz CT molecular complexity index is 937. The van der Waals surface area contributed by atoms with Crippen LogP contribution in [0.4, 0.5) is 17.6 Å². The molecule has 0 bridgehead atoms. The summed E-state index contributed by atoms with van der Waals surface area (Å²) < 4.78 is 57.6. The lowest BCUT2D eigenvalue weighted by Crippen LogP contribution is -2.09. The summed E-state index contributed by atoms with van der Waals surface area (Å²) in [5, 5.41) is -0.283. The smallest absolute Gasteiger partial charge is 0.417 e. The number of carbonyl (C=O) groups excluding carboxylic acids is 1. The van der Waals surface area contributed by atoms with Crippen LogP contribution in [0.2, 0.25) is 5.02 Å². The molecule has 3 rings (SSSR count). The molecule has 3 aromatic rings. The van der Waals surface area contributed by atoms with E-state index in [2.05, 4.69) is 4.98 Å². The fourth-order valence-electron chi connectivity index (χ4n) is 1.99. The zero-order valence-electron chi connectivity index (χ0n) is 11.6. The number of aromatic nitrogens is 2. The van der Waals surface area contributed by atoms with Crippen LogP contribution in [-0.2, 0) is 6.18 Å². The minimum atomic E-state index is -4.60. The highest BCUT2D eigenvalue weighted by Crippen LogP contribution is 2.32. The van der Waals surface area contributed by atoms with E-state index < -0.39 is 23.5 Å². The highest BCUT2D eigenvalue weighted by Gasteiger charge is 2.32. The van der Waals surface area contributed by atoms with Crippen LogP contribution < -0.4 is 4.74 Å². The summed E-state index contributed by atoms with van der Waals surface area (Å²) in [4.78, 5) is 15.8. The van der Waals surface area contributed by atoms with Crippen molar-refractivity contribution in [2.45, 2.75) is 6.18 Å². The Labute approximate surface area is 137 Å². The molecule has 0 N–H and O–H groups in total. The molecule has 0 fully saturated rings. The molecule has 0 spiro atoms. The van der Waals surface area contributed by atoms with E-state index in [9.17, 15) is 22.4 Å². The van der Waals surface area contributed by atoms with Crippen molar-refractivity contribution in [2.75, 3.05) is 0 Å². The molecule has 124 valence electrons. The number of imidazole rings is 1. The van der Waals surface area contributed by atoms with E-state index in [0.717, 1.165) is 22.9 Å². The second-order valence-electron chi connectivity index (χ2n) is 4.75. The van der Waals surface area contributed by atoms with Crippen molar-refractivity contribution in [3.8, 4) is 5.75 Å². The number of ether oxygens (including phenoxy) is 1. The van der Waals surface area contributed by atoms with Crippen molar-refractivity contribution >= 4 is 23.2 Å². The second-order valence-corrected chi connectivity index (χ2v) is 5.16. The van der Waals surface area contributed by atoms with Crippen molar-refractivity contribution < 1.29 is 27.1 Å². The average molecular weight is 359 g/mol. The molecule has 2 aromatic heterocycles. The first kappa shape index (κ1) is 16.3. The van der Waals surface area contributed by atoms with Crippen LogP contribution in [0.3, 0.4) is 0 Å². The molecule has 0 aliphatic rings. The number of para-hydroxylation sites is 1. The van der Waals surface area contributed by atoms with Crippen molar-refractivity contribution in [1.29, 1.82) is 0 Å². The highest BCUT2D eigenvalue weighted by atomic mass is 35.5. The summed E-state index contributed by atoms with van der Waals surface area (Å²) in [5.74, 6) is -2.10. The second kappa shape index (κ2) is 5.79. The van der Waals surface area contributed by atoms with E-state index in [4.69, 9.17) is 16.3 Å². The molecule has 0 unspecified atom stereocenters. The summed E-state index contributed by atoms with van der Waals surface area (Å²) in [6.07, 6.45) is -2.83. The van der Waals surface area contributed by atoms with Crippen molar-refractivity contribution in [2.24, 2.45) is 0 Å². The van der Waals surface area contributed by atoms with E-state index in [1.807, 2.05) is 0 Å². The Morgan fingerprint density at radius 2 is 1.92 bits per heavy atom. The van der Waals surface area contributed by atoms with Gasteiger partial charge in [0.2, 0.25) is 0 Å². The third-order valence-electron chi connectivity index (χ3n) is 3.08. The van der Waals surface area contributed by atoms with E-state index >= 15 is 0 Å². The molecule has 0 aliphatic heterocycles. The van der Waals surface area contributed by atoms with Crippen molar-refractivity contribution in [1.82, 2.24) is 9.38 Å². The maximum atomic E-state index is 13.5. The van der Waals surface area contributed by atoms with E-state index in [-0.39, 0.29) is 22.1 Å². The average Bonchev–Trinajstić information content (AvgIpc) is 2.93. The fraction of sp³-hybridized carbons (Fsp3) is 0.0667. The van der Waals surface area contributed by atoms with Gasteiger partial charge in [-0.2, -0.15) is 13.2 Å². The lowest BCUT2D eigenvalue weighted by atomic mass is 10.3. The quantitative estimate of drug-likeness (QED) is 0.388. The predicted molar refractivity (Wildman–Crippen MR) is 76.6 cm³/mol. The van der Waals surface area contributed by atoms with Gasteiger partial charge < -0.3 is 9.14 Å². The van der Waals surface area contributed by atoms with Gasteiger partial charge >= 0.3 is 12.1 Å². The molecular formula is C15H7ClF4N2O2. The van der Waals surface area contributed by atoms with Crippen molar-refractivity contribution in [3.63, 3.8) is 0 Å². The van der Waals surface area contributed by atoms with Gasteiger partial charge in [-0.25, -0.2) is 14.2 Å². The molecule has 24 heavy (non-hydrogen) atoms. The van der Waals surface area contributed by atoms with E-state index in [1.54, 1.807) is 0 Å². The SMILES string of the molecule is O=C(Oc1ccccc1F)c1cn2cc(C(F)(F)F)cc(Cl)c2n1. The number of esters is 1. The van der Waals surface area contributed by atoms with E-state index in [1.165, 1.54) is 18.2 Å². The Balaban J connectivity index is 1.97. The Hall–Kier alpha value is -2.61. The first-order chi connectivity index (χ1) is 11.3. The summed E-state index contributed by atoms with van der Waals surface area (Å²) in [5.41, 5.74) is -1.35. The maximum Gasteiger partial charge on any atom is 0.417 e. The predicted octanol–water partition coefficient (Wildman–Crippen LogP) is 4.36. The van der Waals surface area contributed by atoms with Crippen LogP contribution in [0.1, 0.15) is 16.1 Å². The van der Waals surface area contributed by atoms with Gasteiger partial charge in [0.05, 0.1) is 10.6 Å². The zero-order valence-corrected chi connectivity index (χ0v) is 12.4. The number of halogens is 5. The first-order valence-corrected chi connectivity index (χ1v) is 6.85. The number of hydrogen-bond donors (Lipinski definition) is 0. The summed E-state index contributed by atoms with van der Waals surface area (Å²) in [6, 6.07) is 5.91. The molecule has 9 heteroatoms. The normalized spacial score (nSPS) is 11.7. The minimum Gasteiger partial charge on any atom is -0.419 e. The number of fused-ring (bicyclic) bond motifs is 1. The van der Waals surface area contributed by atoms with Gasteiger partial charge in [-0.05, 0) is 18.2 Å². The monoisotopic (exact) mass is 358 g/mol. The number of benzene rings is 1. The molecule has 0 saturated heterocycles. The van der Waals surface area contributed by atoms with E-state index in [0.29, 0.717) is 6.07 Å². The molecule has 1 aromatic carbocycles. The topological polar surface area (TPSA) is 43.6 Å². The molecule has 0 atom stereocenters. The van der Waals surface area contributed by atoms with Gasteiger partial charge in [0, 0.05) is 12.4 Å². The lowest BCUT2D eigenvalue weighted by molar-refractivity contribution is -0.137. The van der Waals surface area contributed by atoms with Gasteiger partial charge in [0.15, 0.2) is 22.9 Å². The van der Waals surface area contributed by atoms with Gasteiger partial charge in [0.25, 0.3) is 0 Å². The van der Waals surface area contributed by atoms with Crippen LogP contribution in [0.25, 0.3) is 5.65 Å². The van der Waals surface area contributed by atoms with Gasteiger partial charge in [-0.15, -0.1) is 0 Å². The third kappa shape index (κ3) is 3.05. The standard InChI is InChI=1S/C15H7ClF4N2O2/c16-9-5-8(15(18,19)20)6-22-7-11(21-13(9)22)14(23)24-12-4-2-1-3-10(12)17/h1-7H. The van der Waals surface area contributed by atoms with Crippen LogP contribution in [0.5, 0.6) is 5.75 Å². The Kier molecular flexibility index (Phi) is 3.92. The molecule has 0 aliphatic carbocycles. The minimum absolute atomic E-state index is 0.0508. The molecule has 4 nitrogen and oxygen atoms in total. The van der Waals surface area contributed by atoms with Crippen LogP contribution >= 0.6 is 11.6 Å². The number of carbonyl (C=O) groups is 1. The summed E-state index contributed by atoms with van der Waals surface area (Å²) in [6.45, 7) is 0. The maximum absolute atomic E-state index is 13.5. The van der Waals surface area contributed by atoms with Gasteiger partial charge in [-0.3, -0.25) is 0 Å². The molecule has 2 heterocycles.